The van der Waals surface area contributed by atoms with Gasteiger partial charge < -0.3 is 0 Å². The van der Waals surface area contributed by atoms with E-state index in [1.165, 1.54) is 0 Å². The minimum absolute atomic E-state index is 0.847. The molecule has 0 radical (unpaired) electrons. The fraction of sp³-hybridized carbons (Fsp3) is 0.385. The van der Waals surface area contributed by atoms with Gasteiger partial charge in [0, 0.05) is 35.6 Å². The SMILES string of the molecule is CC.CC.CC.CC.CC.CC.CC.CC.Cn1c2nc3[n+](C)c(nc4c5ccccc5c(nc5[n+](C)c(nc1c1ccccc12)-c1ccccc1-5)n4C)-c1ccccc1-3. The van der Waals surface area contributed by atoms with Crippen LogP contribution in [0.5, 0.6) is 0 Å². The molecule has 8 nitrogen and oxygen atoms in total. The zero-order valence-corrected chi connectivity index (χ0v) is 40.8. The molecule has 0 atom stereocenters. The molecule has 8 heteroatoms. The lowest BCUT2D eigenvalue weighted by molar-refractivity contribution is -0.650. The first kappa shape index (κ1) is 52.3. The van der Waals surface area contributed by atoms with E-state index in [1.807, 2.05) is 139 Å². The van der Waals surface area contributed by atoms with Crippen molar-refractivity contribution in [2.75, 3.05) is 0 Å². The van der Waals surface area contributed by atoms with Crippen LogP contribution in [0.3, 0.4) is 0 Å². The summed E-state index contributed by atoms with van der Waals surface area (Å²) in [6.45, 7) is 32.0. The van der Waals surface area contributed by atoms with Crippen LogP contribution in [-0.4, -0.2) is 29.1 Å². The van der Waals surface area contributed by atoms with Crippen LogP contribution >= 0.6 is 0 Å². The number of benzene rings is 4. The summed E-state index contributed by atoms with van der Waals surface area (Å²) in [4.78, 5) is 21.5. The Hall–Kier alpha value is -5.76. The molecule has 0 aliphatic carbocycles. The third-order valence-electron chi connectivity index (χ3n) is 9.02. The predicted molar refractivity (Wildman–Crippen MR) is 263 cm³/mol. The largest absolute Gasteiger partial charge is 0.285 e. The van der Waals surface area contributed by atoms with E-state index >= 15 is 0 Å². The lowest BCUT2D eigenvalue weighted by atomic mass is 10.1. The summed E-state index contributed by atoms with van der Waals surface area (Å²) in [5.74, 6) is 3.39. The van der Waals surface area contributed by atoms with Gasteiger partial charge in [-0.2, -0.15) is 0 Å². The Bertz CT molecular complexity index is 2210. The van der Waals surface area contributed by atoms with Crippen molar-refractivity contribution in [3.05, 3.63) is 97.1 Å². The third-order valence-corrected chi connectivity index (χ3v) is 9.02. The predicted octanol–water partition coefficient (Wildman–Crippen LogP) is 14.0. The smallest absolute Gasteiger partial charge is 0.273 e. The molecule has 0 fully saturated rings. The van der Waals surface area contributed by atoms with Gasteiger partial charge in [-0.25, -0.2) is 9.13 Å². The molecule has 2 aliphatic rings. The minimum atomic E-state index is 0.847. The highest BCUT2D eigenvalue weighted by Gasteiger charge is 2.32. The number of hydrogen-bond donors (Lipinski definition) is 0. The summed E-state index contributed by atoms with van der Waals surface area (Å²) < 4.78 is 8.41. The summed E-state index contributed by atoms with van der Waals surface area (Å²) in [6, 6.07) is 33.5. The van der Waals surface area contributed by atoms with Gasteiger partial charge in [-0.15, -0.1) is 0 Å². The number of rotatable bonds is 0. The van der Waals surface area contributed by atoms with Crippen molar-refractivity contribution < 1.29 is 9.13 Å². The molecule has 7 aromatic rings. The minimum Gasteiger partial charge on any atom is -0.285 e. The second-order valence-corrected chi connectivity index (χ2v) is 11.5. The van der Waals surface area contributed by atoms with Gasteiger partial charge in [0.15, 0.2) is 0 Å². The number of aromatic nitrogens is 8. The Morgan fingerprint density at radius 3 is 0.650 bits per heavy atom. The number of nitrogens with zero attached hydrogens (tertiary/aromatic N) is 8. The van der Waals surface area contributed by atoms with Gasteiger partial charge >= 0.3 is 0 Å². The number of fused-ring (bicyclic) bond motifs is 20. The molecule has 0 saturated heterocycles. The third kappa shape index (κ3) is 9.81. The second kappa shape index (κ2) is 26.4. The van der Waals surface area contributed by atoms with Gasteiger partial charge in [0.1, 0.15) is 0 Å². The van der Waals surface area contributed by atoms with Crippen LogP contribution in [0.4, 0.5) is 0 Å². The van der Waals surface area contributed by atoms with Crippen molar-refractivity contribution >= 4 is 44.1 Å². The van der Waals surface area contributed by atoms with Gasteiger partial charge in [-0.1, -0.05) is 179 Å². The lowest BCUT2D eigenvalue weighted by Crippen LogP contribution is -2.31. The van der Waals surface area contributed by atoms with Crippen molar-refractivity contribution in [3.63, 3.8) is 0 Å². The highest BCUT2D eigenvalue weighted by Crippen LogP contribution is 2.36. The van der Waals surface area contributed by atoms with E-state index in [4.69, 9.17) is 19.9 Å². The molecule has 2 aliphatic heterocycles. The van der Waals surface area contributed by atoms with Crippen LogP contribution in [-0.2, 0) is 28.2 Å². The van der Waals surface area contributed by atoms with Gasteiger partial charge in [-0.3, -0.25) is 9.13 Å². The average molecular weight is 813 g/mol. The quantitative estimate of drug-likeness (QED) is 0.143. The highest BCUT2D eigenvalue weighted by atomic mass is 15.2. The van der Waals surface area contributed by atoms with E-state index in [2.05, 4.69) is 115 Å². The molecule has 60 heavy (non-hydrogen) atoms. The van der Waals surface area contributed by atoms with Crippen molar-refractivity contribution in [1.82, 2.24) is 29.1 Å². The van der Waals surface area contributed by atoms with Crippen molar-refractivity contribution in [2.24, 2.45) is 28.2 Å². The Balaban J connectivity index is 0.00000102. The first-order chi connectivity index (χ1) is 29.5. The maximum atomic E-state index is 5.37. The van der Waals surface area contributed by atoms with E-state index in [-0.39, 0.29) is 0 Å². The Morgan fingerprint density at radius 2 is 0.467 bits per heavy atom. The van der Waals surface area contributed by atoms with Crippen LogP contribution < -0.4 is 9.13 Å². The standard InChI is InChI=1S/C36H28N8.8C2H6/c1-41-29-21-13-5-6-14-22(21)30(41)38-32-24-16-8-10-18-26(24)34(43(32)3)40-36-28-20-12-11-19-27(28)35(44(36)4)39-33-25-17-9-7-15-23(25)31(37-29)42(33)2;8*1-2/h5-20H,1-4H3;8*1-2H3/q+2;;;;;;;;. The monoisotopic (exact) mass is 813 g/mol. The first-order valence-corrected chi connectivity index (χ1v) is 22.7. The summed E-state index contributed by atoms with van der Waals surface area (Å²) in [6.07, 6.45) is 0. The van der Waals surface area contributed by atoms with Crippen LogP contribution in [0.2, 0.25) is 0 Å². The molecule has 0 saturated carbocycles. The highest BCUT2D eigenvalue weighted by molar-refractivity contribution is 6.06. The molecule has 4 aromatic carbocycles. The van der Waals surface area contributed by atoms with E-state index in [0.29, 0.717) is 0 Å². The molecular weight excluding hydrogens is 737 g/mol. The fourth-order valence-electron chi connectivity index (χ4n) is 6.82. The van der Waals surface area contributed by atoms with Crippen molar-refractivity contribution in [2.45, 2.75) is 111 Å². The Labute approximate surface area is 362 Å². The first-order valence-electron chi connectivity index (χ1n) is 22.7. The summed E-state index contributed by atoms with van der Waals surface area (Å²) in [5, 5.41) is 4.18. The van der Waals surface area contributed by atoms with E-state index in [1.54, 1.807) is 0 Å². The summed E-state index contributed by atoms with van der Waals surface area (Å²) in [5.41, 5.74) is 7.56. The lowest BCUT2D eigenvalue weighted by Gasteiger charge is -1.94. The molecule has 5 heterocycles. The normalized spacial score (nSPS) is 9.67. The number of aryl methyl sites for hydroxylation is 2. The molecule has 9 rings (SSSR count). The molecular formula is C52H76N8+2. The Kier molecular flexibility index (Phi) is 23.0. The van der Waals surface area contributed by atoms with Crippen LogP contribution in [0, 0.1) is 0 Å². The second-order valence-electron chi connectivity index (χ2n) is 11.5. The number of hydrogen-bond acceptors (Lipinski definition) is 4. The van der Waals surface area contributed by atoms with Crippen LogP contribution in [0.25, 0.3) is 89.7 Å². The Morgan fingerprint density at radius 1 is 0.300 bits per heavy atom. The maximum Gasteiger partial charge on any atom is 0.273 e. The fourth-order valence-corrected chi connectivity index (χ4v) is 6.82. The zero-order chi connectivity index (χ0) is 45.7. The van der Waals surface area contributed by atoms with E-state index in [9.17, 15) is 0 Å². The van der Waals surface area contributed by atoms with Crippen molar-refractivity contribution in [3.8, 4) is 45.6 Å². The molecule has 0 amide bonds. The van der Waals surface area contributed by atoms with Crippen LogP contribution in [0.1, 0.15) is 111 Å². The summed E-state index contributed by atoms with van der Waals surface area (Å²) in [7, 11) is 8.19. The molecule has 322 valence electrons. The molecule has 0 N–H and O–H groups in total. The van der Waals surface area contributed by atoms with E-state index in [0.717, 1.165) is 89.7 Å². The molecule has 8 bridgehead atoms. The van der Waals surface area contributed by atoms with Gasteiger partial charge in [-0.05, 0) is 48.5 Å². The van der Waals surface area contributed by atoms with Gasteiger partial charge in [0.2, 0.25) is 22.6 Å². The topological polar surface area (TPSA) is 69.2 Å². The van der Waals surface area contributed by atoms with Gasteiger partial charge in [0.25, 0.3) is 23.3 Å². The molecule has 0 unspecified atom stereocenters. The zero-order valence-electron chi connectivity index (χ0n) is 40.8. The average Bonchev–Trinajstić information content (AvgIpc) is 3.97. The van der Waals surface area contributed by atoms with Crippen molar-refractivity contribution in [1.29, 1.82) is 0 Å². The summed E-state index contributed by atoms with van der Waals surface area (Å²) >= 11 is 0. The molecule has 3 aromatic heterocycles. The maximum absolute atomic E-state index is 5.37. The molecule has 0 spiro atoms. The van der Waals surface area contributed by atoms with Crippen LogP contribution in [0.15, 0.2) is 97.1 Å². The van der Waals surface area contributed by atoms with Gasteiger partial charge in [0.05, 0.1) is 36.3 Å². The van der Waals surface area contributed by atoms with E-state index < -0.39 is 0 Å².